The SMILES string of the molecule is CCCC(=O)CC(O)CC#Cc1ccccc1. The summed E-state index contributed by atoms with van der Waals surface area (Å²) in [4.78, 5) is 11.3. The second-order valence-corrected chi connectivity index (χ2v) is 4.02. The third kappa shape index (κ3) is 5.89. The summed E-state index contributed by atoms with van der Waals surface area (Å²) in [6.07, 6.45) is 1.32. The van der Waals surface area contributed by atoms with Crippen LogP contribution >= 0.6 is 0 Å². The van der Waals surface area contributed by atoms with Gasteiger partial charge in [-0.2, -0.15) is 0 Å². The minimum Gasteiger partial charge on any atom is -0.392 e. The number of aliphatic hydroxyl groups excluding tert-OH is 1. The molecule has 0 radical (unpaired) electrons. The van der Waals surface area contributed by atoms with Crippen molar-refractivity contribution in [1.82, 2.24) is 0 Å². The van der Waals surface area contributed by atoms with Gasteiger partial charge in [0.1, 0.15) is 5.78 Å². The number of rotatable bonds is 5. The Morgan fingerprint density at radius 1 is 1.35 bits per heavy atom. The molecule has 1 atom stereocenters. The first-order chi connectivity index (χ1) is 8.22. The highest BCUT2D eigenvalue weighted by molar-refractivity contribution is 5.78. The van der Waals surface area contributed by atoms with Gasteiger partial charge in [0.05, 0.1) is 6.10 Å². The number of ketones is 1. The van der Waals surface area contributed by atoms with Crippen molar-refractivity contribution in [3.63, 3.8) is 0 Å². The highest BCUT2D eigenvalue weighted by atomic mass is 16.3. The molecule has 0 aliphatic carbocycles. The van der Waals surface area contributed by atoms with E-state index in [9.17, 15) is 9.90 Å². The average molecular weight is 230 g/mol. The van der Waals surface area contributed by atoms with Crippen LogP contribution in [-0.2, 0) is 4.79 Å². The van der Waals surface area contributed by atoms with Crippen LogP contribution in [0.2, 0.25) is 0 Å². The van der Waals surface area contributed by atoms with Gasteiger partial charge in [-0.3, -0.25) is 4.79 Å². The van der Waals surface area contributed by atoms with Gasteiger partial charge >= 0.3 is 0 Å². The van der Waals surface area contributed by atoms with E-state index in [4.69, 9.17) is 0 Å². The molecule has 2 nitrogen and oxygen atoms in total. The van der Waals surface area contributed by atoms with Crippen LogP contribution in [0.5, 0.6) is 0 Å². The molecule has 0 aromatic heterocycles. The first-order valence-corrected chi connectivity index (χ1v) is 5.96. The van der Waals surface area contributed by atoms with Gasteiger partial charge in [0.25, 0.3) is 0 Å². The monoisotopic (exact) mass is 230 g/mol. The fourth-order valence-corrected chi connectivity index (χ4v) is 1.51. The molecule has 0 bridgehead atoms. The molecule has 1 unspecified atom stereocenters. The maximum Gasteiger partial charge on any atom is 0.135 e. The van der Waals surface area contributed by atoms with Gasteiger partial charge < -0.3 is 5.11 Å². The summed E-state index contributed by atoms with van der Waals surface area (Å²) in [5.74, 6) is 5.97. The largest absolute Gasteiger partial charge is 0.392 e. The lowest BCUT2D eigenvalue weighted by Gasteiger charge is -2.04. The normalized spacial score (nSPS) is 11.4. The molecule has 0 aliphatic rings. The fourth-order valence-electron chi connectivity index (χ4n) is 1.51. The van der Waals surface area contributed by atoms with E-state index in [1.54, 1.807) is 0 Å². The Labute approximate surface area is 103 Å². The molecular weight excluding hydrogens is 212 g/mol. The number of hydrogen-bond donors (Lipinski definition) is 1. The van der Waals surface area contributed by atoms with Crippen LogP contribution < -0.4 is 0 Å². The molecule has 1 aromatic carbocycles. The number of hydrogen-bond acceptors (Lipinski definition) is 2. The molecule has 0 heterocycles. The Bertz CT molecular complexity index is 398. The van der Waals surface area contributed by atoms with Crippen molar-refractivity contribution in [2.45, 2.75) is 38.7 Å². The van der Waals surface area contributed by atoms with Crippen molar-refractivity contribution in [3.8, 4) is 11.8 Å². The van der Waals surface area contributed by atoms with Gasteiger partial charge in [0.2, 0.25) is 0 Å². The Hall–Kier alpha value is -1.59. The molecule has 2 heteroatoms. The molecule has 0 aliphatic heterocycles. The standard InChI is InChI=1S/C15H18O2/c1-2-7-14(16)12-15(17)11-6-10-13-8-4-3-5-9-13/h3-5,8-9,15,17H,2,7,11-12H2,1H3. The third-order valence-electron chi connectivity index (χ3n) is 2.34. The highest BCUT2D eigenvalue weighted by Crippen LogP contribution is 2.02. The van der Waals surface area contributed by atoms with E-state index in [0.29, 0.717) is 12.8 Å². The maximum atomic E-state index is 11.3. The van der Waals surface area contributed by atoms with Crippen LogP contribution in [-0.4, -0.2) is 17.0 Å². The van der Waals surface area contributed by atoms with Gasteiger partial charge in [-0.05, 0) is 18.6 Å². The predicted octanol–water partition coefficient (Wildman–Crippen LogP) is 2.55. The lowest BCUT2D eigenvalue weighted by molar-refractivity contribution is -0.120. The molecule has 0 spiro atoms. The van der Waals surface area contributed by atoms with Gasteiger partial charge in [0, 0.05) is 24.8 Å². The Kier molecular flexibility index (Phi) is 6.06. The summed E-state index contributed by atoms with van der Waals surface area (Å²) >= 11 is 0. The number of carbonyl (C=O) groups is 1. The van der Waals surface area contributed by atoms with Gasteiger partial charge in [-0.25, -0.2) is 0 Å². The summed E-state index contributed by atoms with van der Waals surface area (Å²) in [6, 6.07) is 9.61. The second-order valence-electron chi connectivity index (χ2n) is 4.02. The van der Waals surface area contributed by atoms with Crippen LogP contribution in [0.15, 0.2) is 30.3 Å². The van der Waals surface area contributed by atoms with Crippen LogP contribution in [0.25, 0.3) is 0 Å². The van der Waals surface area contributed by atoms with Crippen molar-refractivity contribution in [2.24, 2.45) is 0 Å². The molecule has 1 aromatic rings. The van der Waals surface area contributed by atoms with Crippen molar-refractivity contribution < 1.29 is 9.90 Å². The second kappa shape index (κ2) is 7.65. The Morgan fingerprint density at radius 3 is 2.71 bits per heavy atom. The first kappa shape index (κ1) is 13.5. The smallest absolute Gasteiger partial charge is 0.135 e. The zero-order valence-corrected chi connectivity index (χ0v) is 10.1. The van der Waals surface area contributed by atoms with Crippen LogP contribution in [0.1, 0.15) is 38.2 Å². The number of aliphatic hydroxyl groups is 1. The van der Waals surface area contributed by atoms with E-state index < -0.39 is 6.10 Å². The lowest BCUT2D eigenvalue weighted by atomic mass is 10.1. The number of Topliss-reactive ketones (excluding diaryl/α,β-unsaturated/α-hetero) is 1. The molecule has 90 valence electrons. The van der Waals surface area contributed by atoms with Gasteiger partial charge in [-0.1, -0.05) is 37.0 Å². The van der Waals surface area contributed by atoms with E-state index in [1.165, 1.54) is 0 Å². The van der Waals surface area contributed by atoms with Gasteiger partial charge in [-0.15, -0.1) is 0 Å². The summed E-state index contributed by atoms with van der Waals surface area (Å²) in [7, 11) is 0. The minimum atomic E-state index is -0.634. The molecule has 0 saturated heterocycles. The van der Waals surface area contributed by atoms with E-state index in [1.807, 2.05) is 37.3 Å². The molecule has 0 saturated carbocycles. The third-order valence-corrected chi connectivity index (χ3v) is 2.34. The summed E-state index contributed by atoms with van der Waals surface area (Å²) in [5, 5.41) is 9.60. The van der Waals surface area contributed by atoms with Crippen LogP contribution in [0, 0.1) is 11.8 Å². The summed E-state index contributed by atoms with van der Waals surface area (Å²) < 4.78 is 0. The number of carbonyl (C=O) groups excluding carboxylic acids is 1. The molecular formula is C15H18O2. The minimum absolute atomic E-state index is 0.113. The van der Waals surface area contributed by atoms with E-state index >= 15 is 0 Å². The van der Waals surface area contributed by atoms with Crippen LogP contribution in [0.4, 0.5) is 0 Å². The summed E-state index contributed by atoms with van der Waals surface area (Å²) in [6.45, 7) is 1.96. The van der Waals surface area contributed by atoms with Gasteiger partial charge in [0.15, 0.2) is 0 Å². The molecule has 1 N–H and O–H groups in total. The topological polar surface area (TPSA) is 37.3 Å². The molecule has 17 heavy (non-hydrogen) atoms. The summed E-state index contributed by atoms with van der Waals surface area (Å²) in [5.41, 5.74) is 0.930. The van der Waals surface area contributed by atoms with Crippen molar-refractivity contribution in [1.29, 1.82) is 0 Å². The maximum absolute atomic E-state index is 11.3. The number of benzene rings is 1. The lowest BCUT2D eigenvalue weighted by Crippen LogP contribution is -2.12. The van der Waals surface area contributed by atoms with E-state index in [0.717, 1.165) is 12.0 Å². The van der Waals surface area contributed by atoms with Crippen molar-refractivity contribution in [3.05, 3.63) is 35.9 Å². The predicted molar refractivity (Wildman–Crippen MR) is 68.5 cm³/mol. The van der Waals surface area contributed by atoms with Crippen LogP contribution in [0.3, 0.4) is 0 Å². The fraction of sp³-hybridized carbons (Fsp3) is 0.400. The highest BCUT2D eigenvalue weighted by Gasteiger charge is 2.08. The zero-order valence-electron chi connectivity index (χ0n) is 10.1. The van der Waals surface area contributed by atoms with E-state index in [2.05, 4.69) is 11.8 Å². The Morgan fingerprint density at radius 2 is 2.06 bits per heavy atom. The first-order valence-electron chi connectivity index (χ1n) is 5.96. The van der Waals surface area contributed by atoms with E-state index in [-0.39, 0.29) is 12.2 Å². The zero-order chi connectivity index (χ0) is 12.5. The quantitative estimate of drug-likeness (QED) is 0.789. The average Bonchev–Trinajstić information content (AvgIpc) is 2.30. The van der Waals surface area contributed by atoms with Crippen molar-refractivity contribution in [2.75, 3.05) is 0 Å². The molecule has 1 rings (SSSR count). The molecule has 0 fully saturated rings. The van der Waals surface area contributed by atoms with Crippen molar-refractivity contribution >= 4 is 5.78 Å². The molecule has 0 amide bonds. The Balaban J connectivity index is 2.36.